The molecule has 1 aromatic heterocycles. The lowest BCUT2D eigenvalue weighted by Crippen LogP contribution is -2.48. The summed E-state index contributed by atoms with van der Waals surface area (Å²) < 4.78 is 5.02. The van der Waals surface area contributed by atoms with E-state index in [0.717, 1.165) is 37.9 Å². The van der Waals surface area contributed by atoms with Crippen molar-refractivity contribution in [1.82, 2.24) is 15.2 Å². The second kappa shape index (κ2) is 8.49. The van der Waals surface area contributed by atoms with Crippen LogP contribution in [0.2, 0.25) is 0 Å². The van der Waals surface area contributed by atoms with E-state index in [1.54, 1.807) is 12.1 Å². The maximum absolute atomic E-state index is 12.8. The number of benzene rings is 1. The third kappa shape index (κ3) is 4.64. The lowest BCUT2D eigenvalue weighted by Gasteiger charge is -2.33. The molecule has 28 heavy (non-hydrogen) atoms. The van der Waals surface area contributed by atoms with Crippen molar-refractivity contribution in [3.05, 3.63) is 34.3 Å². The third-order valence-corrected chi connectivity index (χ3v) is 6.12. The highest BCUT2D eigenvalue weighted by Crippen LogP contribution is 2.27. The van der Waals surface area contributed by atoms with Gasteiger partial charge in [0.15, 0.2) is 5.58 Å². The molecule has 0 spiro atoms. The van der Waals surface area contributed by atoms with Crippen molar-refractivity contribution in [2.24, 2.45) is 5.92 Å². The van der Waals surface area contributed by atoms with Crippen LogP contribution in [0.1, 0.15) is 44.1 Å². The van der Waals surface area contributed by atoms with Crippen LogP contribution in [0.4, 0.5) is 0 Å². The van der Waals surface area contributed by atoms with Gasteiger partial charge in [0.25, 0.3) is 0 Å². The fourth-order valence-electron chi connectivity index (χ4n) is 4.66. The number of carbonyl (C=O) groups is 1. The minimum Gasteiger partial charge on any atom is -0.408 e. The van der Waals surface area contributed by atoms with Gasteiger partial charge in [-0.3, -0.25) is 14.7 Å². The van der Waals surface area contributed by atoms with E-state index in [-0.39, 0.29) is 24.5 Å². The number of hydrogen-bond acceptors (Lipinski definition) is 5. The van der Waals surface area contributed by atoms with Crippen LogP contribution in [0.25, 0.3) is 11.1 Å². The van der Waals surface area contributed by atoms with Gasteiger partial charge in [0.1, 0.15) is 0 Å². The van der Waals surface area contributed by atoms with Crippen LogP contribution in [-0.2, 0) is 11.2 Å². The van der Waals surface area contributed by atoms with Crippen LogP contribution in [0, 0.1) is 5.92 Å². The van der Waals surface area contributed by atoms with E-state index in [1.165, 1.54) is 19.3 Å². The van der Waals surface area contributed by atoms with Gasteiger partial charge in [0.2, 0.25) is 5.91 Å². The summed E-state index contributed by atoms with van der Waals surface area (Å²) in [5, 5.41) is 13.1. The zero-order valence-corrected chi connectivity index (χ0v) is 16.2. The fraction of sp³-hybridized carbons (Fsp3) is 0.619. The van der Waals surface area contributed by atoms with Crippen LogP contribution in [-0.4, -0.2) is 52.7 Å². The predicted octanol–water partition coefficient (Wildman–Crippen LogP) is 1.80. The molecule has 4 rings (SSSR count). The fourth-order valence-corrected chi connectivity index (χ4v) is 4.66. The molecule has 1 aliphatic carbocycles. The SMILES string of the molecule is O=C(Cc1ccc2oc(=O)[nH]c2c1)N[C@H](CN1CC[C@H](O)C1)C1CCCCC1. The first kappa shape index (κ1) is 19.2. The van der Waals surface area contributed by atoms with Gasteiger partial charge in [-0.1, -0.05) is 25.3 Å². The Hall–Kier alpha value is -2.12. The van der Waals surface area contributed by atoms with E-state index in [1.807, 2.05) is 6.07 Å². The van der Waals surface area contributed by atoms with Crippen molar-refractivity contribution in [1.29, 1.82) is 0 Å². The molecule has 1 aromatic carbocycles. The van der Waals surface area contributed by atoms with Crippen molar-refractivity contribution in [3.63, 3.8) is 0 Å². The van der Waals surface area contributed by atoms with Crippen molar-refractivity contribution < 1.29 is 14.3 Å². The Balaban J connectivity index is 1.41. The number of β-amino-alcohol motifs (C(OH)–C–C–N with tert-alkyl or cyclic N) is 1. The number of likely N-dealkylation sites (tertiary alicyclic amines) is 1. The largest absolute Gasteiger partial charge is 0.417 e. The molecular weight excluding hydrogens is 358 g/mol. The van der Waals surface area contributed by atoms with E-state index >= 15 is 0 Å². The Morgan fingerprint density at radius 1 is 1.29 bits per heavy atom. The van der Waals surface area contributed by atoms with Gasteiger partial charge in [0, 0.05) is 25.7 Å². The summed E-state index contributed by atoms with van der Waals surface area (Å²) in [7, 11) is 0. The number of hydrogen-bond donors (Lipinski definition) is 3. The normalized spacial score (nSPS) is 22.5. The number of nitrogens with zero attached hydrogens (tertiary/aromatic N) is 1. The molecule has 2 fully saturated rings. The molecule has 0 radical (unpaired) electrons. The second-order valence-electron chi connectivity index (χ2n) is 8.30. The summed E-state index contributed by atoms with van der Waals surface area (Å²) in [6.45, 7) is 2.40. The molecule has 152 valence electrons. The van der Waals surface area contributed by atoms with E-state index in [9.17, 15) is 14.7 Å². The highest BCUT2D eigenvalue weighted by Gasteiger charge is 2.29. The second-order valence-corrected chi connectivity index (χ2v) is 8.30. The van der Waals surface area contributed by atoms with Gasteiger partial charge in [0.05, 0.1) is 18.0 Å². The number of fused-ring (bicyclic) bond motifs is 1. The molecular formula is C21H29N3O4. The smallest absolute Gasteiger partial charge is 0.408 e. The molecule has 0 unspecified atom stereocenters. The van der Waals surface area contributed by atoms with Crippen LogP contribution in [0.15, 0.2) is 27.4 Å². The van der Waals surface area contributed by atoms with Gasteiger partial charge >= 0.3 is 5.76 Å². The molecule has 2 heterocycles. The first-order chi connectivity index (χ1) is 13.6. The Kier molecular flexibility index (Phi) is 5.82. The van der Waals surface area contributed by atoms with Crippen LogP contribution in [0.5, 0.6) is 0 Å². The Morgan fingerprint density at radius 2 is 2.11 bits per heavy atom. The lowest BCUT2D eigenvalue weighted by molar-refractivity contribution is -0.121. The lowest BCUT2D eigenvalue weighted by atomic mass is 9.83. The Labute approximate surface area is 164 Å². The number of carbonyl (C=O) groups excluding carboxylic acids is 1. The Bertz CT molecular complexity index is 868. The first-order valence-electron chi connectivity index (χ1n) is 10.4. The van der Waals surface area contributed by atoms with Crippen LogP contribution < -0.4 is 11.1 Å². The number of aromatic amines is 1. The first-order valence-corrected chi connectivity index (χ1v) is 10.4. The van der Waals surface area contributed by atoms with Gasteiger partial charge in [-0.25, -0.2) is 4.79 Å². The highest BCUT2D eigenvalue weighted by atomic mass is 16.4. The number of H-pyrrole nitrogens is 1. The molecule has 7 nitrogen and oxygen atoms in total. The Morgan fingerprint density at radius 3 is 2.86 bits per heavy atom. The number of rotatable bonds is 6. The molecule has 1 amide bonds. The summed E-state index contributed by atoms with van der Waals surface area (Å²) in [6.07, 6.45) is 6.89. The van der Waals surface area contributed by atoms with E-state index in [0.29, 0.717) is 23.6 Å². The molecule has 3 N–H and O–H groups in total. The van der Waals surface area contributed by atoms with Crippen molar-refractivity contribution >= 4 is 17.0 Å². The predicted molar refractivity (Wildman–Crippen MR) is 106 cm³/mol. The maximum atomic E-state index is 12.8. The number of aliphatic hydroxyl groups excluding tert-OH is 1. The van der Waals surface area contributed by atoms with Crippen molar-refractivity contribution in [2.75, 3.05) is 19.6 Å². The van der Waals surface area contributed by atoms with Crippen LogP contribution >= 0.6 is 0 Å². The zero-order chi connectivity index (χ0) is 19.5. The molecule has 1 saturated carbocycles. The topological polar surface area (TPSA) is 98.6 Å². The minimum atomic E-state index is -0.484. The maximum Gasteiger partial charge on any atom is 0.417 e. The van der Waals surface area contributed by atoms with E-state index in [4.69, 9.17) is 4.42 Å². The monoisotopic (exact) mass is 387 g/mol. The van der Waals surface area contributed by atoms with E-state index in [2.05, 4.69) is 15.2 Å². The van der Waals surface area contributed by atoms with E-state index < -0.39 is 5.76 Å². The summed E-state index contributed by atoms with van der Waals surface area (Å²) >= 11 is 0. The number of amides is 1. The molecule has 7 heteroatoms. The average molecular weight is 387 g/mol. The summed E-state index contributed by atoms with van der Waals surface area (Å²) in [4.78, 5) is 29.0. The molecule has 1 aliphatic heterocycles. The van der Waals surface area contributed by atoms with Gasteiger partial charge in [-0.05, 0) is 42.9 Å². The zero-order valence-electron chi connectivity index (χ0n) is 16.2. The molecule has 2 aliphatic rings. The van der Waals surface area contributed by atoms with Gasteiger partial charge in [-0.2, -0.15) is 0 Å². The molecule has 0 bridgehead atoms. The number of oxazole rings is 1. The molecule has 1 saturated heterocycles. The van der Waals surface area contributed by atoms with Gasteiger partial charge < -0.3 is 14.8 Å². The number of aromatic nitrogens is 1. The van der Waals surface area contributed by atoms with Gasteiger partial charge in [-0.15, -0.1) is 0 Å². The average Bonchev–Trinajstić information content (AvgIpc) is 3.25. The van der Waals surface area contributed by atoms with Crippen LogP contribution in [0.3, 0.4) is 0 Å². The quantitative estimate of drug-likeness (QED) is 0.702. The van der Waals surface area contributed by atoms with Crippen molar-refractivity contribution in [3.8, 4) is 0 Å². The third-order valence-electron chi connectivity index (χ3n) is 6.12. The standard InChI is InChI=1S/C21H29N3O4/c25-16-8-9-24(12-16)13-18(15-4-2-1-3-5-15)22-20(26)11-14-6-7-19-17(10-14)23-21(27)28-19/h6-7,10,15-16,18,25H,1-5,8-9,11-13H2,(H,22,26)(H,23,27)/t16-,18+/m0/s1. The van der Waals surface area contributed by atoms with Crippen molar-refractivity contribution in [2.45, 2.75) is 57.1 Å². The summed E-state index contributed by atoms with van der Waals surface area (Å²) in [5.41, 5.74) is 1.97. The number of nitrogens with one attached hydrogen (secondary N) is 2. The molecule has 2 aromatic rings. The minimum absolute atomic E-state index is 0.000473. The molecule has 2 atom stereocenters. The highest BCUT2D eigenvalue weighted by molar-refractivity contribution is 5.81. The summed E-state index contributed by atoms with van der Waals surface area (Å²) in [6, 6.07) is 5.47. The summed E-state index contributed by atoms with van der Waals surface area (Å²) in [5.74, 6) is 0.0189. The number of aliphatic hydroxyl groups is 1.